The summed E-state index contributed by atoms with van der Waals surface area (Å²) in [5.74, 6) is 0.250. The van der Waals surface area contributed by atoms with Crippen LogP contribution in [0.4, 0.5) is 17.2 Å². The number of nitrogens with one attached hydrogen (secondary N) is 2. The predicted molar refractivity (Wildman–Crippen MR) is 95.9 cm³/mol. The summed E-state index contributed by atoms with van der Waals surface area (Å²) in [5.41, 5.74) is 2.83. The van der Waals surface area contributed by atoms with E-state index in [0.29, 0.717) is 10.8 Å². The average Bonchev–Trinajstić information content (AvgIpc) is 2.59. The summed E-state index contributed by atoms with van der Waals surface area (Å²) >= 11 is 5.85. The van der Waals surface area contributed by atoms with E-state index in [1.807, 2.05) is 43.3 Å². The maximum absolute atomic E-state index is 12.2. The van der Waals surface area contributed by atoms with Crippen LogP contribution in [0.1, 0.15) is 16.1 Å². The number of benzene rings is 2. The van der Waals surface area contributed by atoms with E-state index in [2.05, 4.69) is 20.6 Å². The Morgan fingerprint density at radius 1 is 1.00 bits per heavy atom. The number of halogens is 1. The van der Waals surface area contributed by atoms with Crippen LogP contribution in [0.5, 0.6) is 0 Å². The first-order valence-corrected chi connectivity index (χ1v) is 7.71. The van der Waals surface area contributed by atoms with Gasteiger partial charge in [-0.1, -0.05) is 29.8 Å². The normalized spacial score (nSPS) is 10.2. The highest BCUT2D eigenvalue weighted by atomic mass is 35.5. The zero-order valence-electron chi connectivity index (χ0n) is 13.0. The average molecular weight is 339 g/mol. The summed E-state index contributed by atoms with van der Waals surface area (Å²) in [6, 6.07) is 14.8. The molecule has 1 aromatic heterocycles. The number of aryl methyl sites for hydroxylation is 1. The molecule has 2 N–H and O–H groups in total. The van der Waals surface area contributed by atoms with Crippen LogP contribution in [-0.4, -0.2) is 15.9 Å². The second-order valence-corrected chi connectivity index (χ2v) is 5.62. The van der Waals surface area contributed by atoms with Gasteiger partial charge in [-0.15, -0.1) is 0 Å². The van der Waals surface area contributed by atoms with Crippen LogP contribution in [0.2, 0.25) is 5.02 Å². The molecule has 2 aromatic carbocycles. The van der Waals surface area contributed by atoms with Gasteiger partial charge in [0.15, 0.2) is 0 Å². The van der Waals surface area contributed by atoms with Crippen LogP contribution in [0.25, 0.3) is 0 Å². The Balaban J connectivity index is 1.68. The van der Waals surface area contributed by atoms with Gasteiger partial charge in [0.25, 0.3) is 5.91 Å². The fourth-order valence-electron chi connectivity index (χ4n) is 2.09. The molecule has 6 heteroatoms. The van der Waals surface area contributed by atoms with Gasteiger partial charge in [0.2, 0.25) is 0 Å². The van der Waals surface area contributed by atoms with Gasteiger partial charge in [-0.05, 0) is 42.8 Å². The van der Waals surface area contributed by atoms with E-state index in [4.69, 9.17) is 11.6 Å². The van der Waals surface area contributed by atoms with Crippen molar-refractivity contribution in [3.05, 3.63) is 77.2 Å². The van der Waals surface area contributed by atoms with Gasteiger partial charge < -0.3 is 10.6 Å². The van der Waals surface area contributed by atoms with Crippen molar-refractivity contribution in [2.45, 2.75) is 6.92 Å². The van der Waals surface area contributed by atoms with Gasteiger partial charge >= 0.3 is 0 Å². The number of nitrogens with zero attached hydrogens (tertiary/aromatic N) is 2. The summed E-state index contributed by atoms with van der Waals surface area (Å²) in [7, 11) is 0. The van der Waals surface area contributed by atoms with Gasteiger partial charge in [0.05, 0.1) is 12.4 Å². The lowest BCUT2D eigenvalue weighted by Crippen LogP contribution is -2.15. The first-order chi connectivity index (χ1) is 11.6. The third kappa shape index (κ3) is 3.88. The van der Waals surface area contributed by atoms with Crippen molar-refractivity contribution in [2.24, 2.45) is 0 Å². The minimum absolute atomic E-state index is 0.250. The smallest absolute Gasteiger partial charge is 0.275 e. The van der Waals surface area contributed by atoms with E-state index in [1.165, 1.54) is 12.4 Å². The lowest BCUT2D eigenvalue weighted by molar-refractivity contribution is 0.102. The minimum atomic E-state index is -0.296. The maximum Gasteiger partial charge on any atom is 0.275 e. The van der Waals surface area contributed by atoms with E-state index in [1.54, 1.807) is 12.1 Å². The number of carbonyl (C=O) groups is 1. The Morgan fingerprint density at radius 2 is 1.75 bits per heavy atom. The Kier molecular flexibility index (Phi) is 4.72. The molecule has 1 heterocycles. The highest BCUT2D eigenvalue weighted by Gasteiger charge is 2.09. The maximum atomic E-state index is 12.2. The van der Waals surface area contributed by atoms with Crippen molar-refractivity contribution in [1.29, 1.82) is 0 Å². The predicted octanol–water partition coefficient (Wildman–Crippen LogP) is 4.43. The summed E-state index contributed by atoms with van der Waals surface area (Å²) in [4.78, 5) is 20.6. The fraction of sp³-hybridized carbons (Fsp3) is 0.0556. The minimum Gasteiger partial charge on any atom is -0.339 e. The standard InChI is InChI=1S/C18H15ClN4O/c1-12-4-2-3-5-15(12)23-18(24)16-10-21-17(11-20-16)22-14-8-6-13(19)7-9-14/h2-11H,1H3,(H,21,22)(H,23,24). The summed E-state index contributed by atoms with van der Waals surface area (Å²) in [6.07, 6.45) is 2.95. The monoisotopic (exact) mass is 338 g/mol. The van der Waals surface area contributed by atoms with E-state index in [0.717, 1.165) is 16.9 Å². The first-order valence-electron chi connectivity index (χ1n) is 7.33. The van der Waals surface area contributed by atoms with E-state index in [-0.39, 0.29) is 11.6 Å². The summed E-state index contributed by atoms with van der Waals surface area (Å²) in [5, 5.41) is 6.58. The quantitative estimate of drug-likeness (QED) is 0.738. The fourth-order valence-corrected chi connectivity index (χ4v) is 2.22. The zero-order chi connectivity index (χ0) is 16.9. The van der Waals surface area contributed by atoms with Crippen LogP contribution < -0.4 is 10.6 Å². The zero-order valence-corrected chi connectivity index (χ0v) is 13.7. The molecular formula is C18H15ClN4O. The molecule has 0 saturated carbocycles. The van der Waals surface area contributed by atoms with Gasteiger partial charge in [-0.3, -0.25) is 4.79 Å². The molecule has 0 fully saturated rings. The van der Waals surface area contributed by atoms with E-state index < -0.39 is 0 Å². The SMILES string of the molecule is Cc1ccccc1NC(=O)c1cnc(Nc2ccc(Cl)cc2)cn1. The van der Waals surface area contributed by atoms with Crippen LogP contribution in [0, 0.1) is 6.92 Å². The number of rotatable bonds is 4. The van der Waals surface area contributed by atoms with E-state index in [9.17, 15) is 4.79 Å². The largest absolute Gasteiger partial charge is 0.339 e. The van der Waals surface area contributed by atoms with Crippen molar-refractivity contribution in [1.82, 2.24) is 9.97 Å². The summed E-state index contributed by atoms with van der Waals surface area (Å²) < 4.78 is 0. The van der Waals surface area contributed by atoms with Crippen molar-refractivity contribution < 1.29 is 4.79 Å². The molecule has 5 nitrogen and oxygen atoms in total. The molecule has 0 saturated heterocycles. The second kappa shape index (κ2) is 7.10. The molecular weight excluding hydrogens is 324 g/mol. The number of anilines is 3. The molecule has 0 bridgehead atoms. The Morgan fingerprint density at radius 3 is 2.42 bits per heavy atom. The molecule has 0 atom stereocenters. The molecule has 0 aliphatic rings. The topological polar surface area (TPSA) is 66.9 Å². The second-order valence-electron chi connectivity index (χ2n) is 5.19. The summed E-state index contributed by atoms with van der Waals surface area (Å²) in [6.45, 7) is 1.93. The molecule has 24 heavy (non-hydrogen) atoms. The van der Waals surface area contributed by atoms with Crippen LogP contribution in [-0.2, 0) is 0 Å². The molecule has 0 spiro atoms. The highest BCUT2D eigenvalue weighted by molar-refractivity contribution is 6.30. The lowest BCUT2D eigenvalue weighted by atomic mass is 10.2. The third-order valence-corrected chi connectivity index (χ3v) is 3.65. The van der Waals surface area contributed by atoms with Crippen molar-refractivity contribution in [3.8, 4) is 0 Å². The Hall–Kier alpha value is -2.92. The van der Waals surface area contributed by atoms with Gasteiger partial charge in [-0.25, -0.2) is 9.97 Å². The number of aromatic nitrogens is 2. The Labute approximate surface area is 144 Å². The van der Waals surface area contributed by atoms with Crippen LogP contribution in [0.15, 0.2) is 60.9 Å². The molecule has 1 amide bonds. The Bertz CT molecular complexity index is 848. The first kappa shape index (κ1) is 16.0. The molecule has 120 valence electrons. The van der Waals surface area contributed by atoms with Crippen molar-refractivity contribution >= 4 is 34.7 Å². The molecule has 0 aliphatic carbocycles. The number of hydrogen-bond acceptors (Lipinski definition) is 4. The van der Waals surface area contributed by atoms with Crippen molar-refractivity contribution in [2.75, 3.05) is 10.6 Å². The van der Waals surface area contributed by atoms with Crippen LogP contribution >= 0.6 is 11.6 Å². The van der Waals surface area contributed by atoms with Gasteiger partial charge in [-0.2, -0.15) is 0 Å². The van der Waals surface area contributed by atoms with Crippen LogP contribution in [0.3, 0.4) is 0 Å². The lowest BCUT2D eigenvalue weighted by Gasteiger charge is -2.08. The third-order valence-electron chi connectivity index (χ3n) is 3.39. The number of amides is 1. The number of carbonyl (C=O) groups excluding carboxylic acids is 1. The molecule has 0 unspecified atom stereocenters. The van der Waals surface area contributed by atoms with E-state index >= 15 is 0 Å². The molecule has 3 aromatic rings. The molecule has 0 radical (unpaired) electrons. The van der Waals surface area contributed by atoms with Crippen molar-refractivity contribution in [3.63, 3.8) is 0 Å². The molecule has 0 aliphatic heterocycles. The number of hydrogen-bond donors (Lipinski definition) is 2. The molecule has 3 rings (SSSR count). The van der Waals surface area contributed by atoms with Gasteiger partial charge in [0.1, 0.15) is 11.5 Å². The van der Waals surface area contributed by atoms with Gasteiger partial charge in [0, 0.05) is 16.4 Å². The highest BCUT2D eigenvalue weighted by Crippen LogP contribution is 2.17. The number of para-hydroxylation sites is 1.